The predicted octanol–water partition coefficient (Wildman–Crippen LogP) is -0.501. The van der Waals surface area contributed by atoms with Gasteiger partial charge in [-0.05, 0) is 12.5 Å². The Kier molecular flexibility index (Phi) is 2.08. The molecule has 0 atom stereocenters. The number of aromatic nitrogens is 2. The maximum atomic E-state index is 11.8. The number of aryl methyl sites for hydroxylation is 2. The molecule has 0 bridgehead atoms. The maximum Gasteiger partial charge on any atom is 0.337 e. The average molecular weight is 222 g/mol. The van der Waals surface area contributed by atoms with Crippen LogP contribution in [0.4, 0.5) is 0 Å². The molecule has 0 saturated heterocycles. The minimum Gasteiger partial charge on any atom is -0.405 e. The number of fused-ring (bicyclic) bond motifs is 1. The van der Waals surface area contributed by atoms with Crippen LogP contribution in [0.5, 0.6) is 0 Å². The van der Waals surface area contributed by atoms with Gasteiger partial charge in [0.15, 0.2) is 0 Å². The van der Waals surface area contributed by atoms with Crippen LogP contribution >= 0.6 is 0 Å². The molecule has 84 valence electrons. The predicted molar refractivity (Wildman–Crippen MR) is 57.7 cm³/mol. The third-order valence-electron chi connectivity index (χ3n) is 2.54. The van der Waals surface area contributed by atoms with Crippen molar-refractivity contribution in [2.24, 2.45) is 14.1 Å². The lowest BCUT2D eigenvalue weighted by Crippen LogP contribution is -2.37. The first kappa shape index (κ1) is 10.4. The highest BCUT2D eigenvalue weighted by molar-refractivity contribution is 5.75. The number of nitrogens with zero attached hydrogens (tertiary/aromatic N) is 2. The SMILES string of the molecule is Cc1cc(=O)oc2c1c(=O)n(C)c(=O)n2C. The average Bonchev–Trinajstić information content (AvgIpc) is 2.22. The van der Waals surface area contributed by atoms with E-state index < -0.39 is 16.9 Å². The first-order valence-electron chi connectivity index (χ1n) is 4.64. The van der Waals surface area contributed by atoms with Gasteiger partial charge in [0.1, 0.15) is 5.39 Å². The number of rotatable bonds is 0. The Morgan fingerprint density at radius 2 is 1.75 bits per heavy atom. The molecule has 2 heterocycles. The van der Waals surface area contributed by atoms with E-state index in [0.717, 1.165) is 9.13 Å². The second kappa shape index (κ2) is 3.19. The van der Waals surface area contributed by atoms with Gasteiger partial charge in [0, 0.05) is 20.2 Å². The van der Waals surface area contributed by atoms with E-state index in [0.29, 0.717) is 5.56 Å². The highest BCUT2D eigenvalue weighted by Crippen LogP contribution is 2.08. The third-order valence-corrected chi connectivity index (χ3v) is 2.54. The van der Waals surface area contributed by atoms with E-state index in [2.05, 4.69) is 0 Å². The zero-order chi connectivity index (χ0) is 12.0. The summed E-state index contributed by atoms with van der Waals surface area (Å²) >= 11 is 0. The van der Waals surface area contributed by atoms with Gasteiger partial charge in [0.2, 0.25) is 5.71 Å². The van der Waals surface area contributed by atoms with Gasteiger partial charge in [0.05, 0.1) is 0 Å². The maximum absolute atomic E-state index is 11.8. The summed E-state index contributed by atoms with van der Waals surface area (Å²) < 4.78 is 7.01. The van der Waals surface area contributed by atoms with Gasteiger partial charge in [0.25, 0.3) is 5.56 Å². The third kappa shape index (κ3) is 1.23. The van der Waals surface area contributed by atoms with Gasteiger partial charge in [-0.3, -0.25) is 13.9 Å². The summed E-state index contributed by atoms with van der Waals surface area (Å²) in [5.74, 6) is 0. The quantitative estimate of drug-likeness (QED) is 0.602. The van der Waals surface area contributed by atoms with E-state index in [1.807, 2.05) is 0 Å². The topological polar surface area (TPSA) is 74.2 Å². The molecule has 6 nitrogen and oxygen atoms in total. The van der Waals surface area contributed by atoms with E-state index in [4.69, 9.17) is 4.42 Å². The molecule has 0 amide bonds. The molecule has 2 aromatic rings. The van der Waals surface area contributed by atoms with Gasteiger partial charge in [-0.15, -0.1) is 0 Å². The molecule has 2 rings (SSSR count). The largest absolute Gasteiger partial charge is 0.405 e. The molecule has 0 aromatic carbocycles. The molecule has 0 saturated carbocycles. The highest BCUT2D eigenvalue weighted by Gasteiger charge is 2.13. The smallest absolute Gasteiger partial charge is 0.337 e. The molecule has 0 spiro atoms. The van der Waals surface area contributed by atoms with Crippen molar-refractivity contribution in [3.8, 4) is 0 Å². The summed E-state index contributed by atoms with van der Waals surface area (Å²) in [5, 5.41) is 0.254. The zero-order valence-corrected chi connectivity index (χ0v) is 9.10. The Morgan fingerprint density at radius 3 is 2.38 bits per heavy atom. The number of hydrogen-bond donors (Lipinski definition) is 0. The molecule has 0 aliphatic carbocycles. The lowest BCUT2D eigenvalue weighted by Gasteiger charge is -2.06. The fourth-order valence-corrected chi connectivity index (χ4v) is 1.66. The summed E-state index contributed by atoms with van der Waals surface area (Å²) in [6.07, 6.45) is 0. The van der Waals surface area contributed by atoms with Gasteiger partial charge in [-0.2, -0.15) is 0 Å². The minimum atomic E-state index is -0.576. The van der Waals surface area contributed by atoms with Crippen LogP contribution in [0.2, 0.25) is 0 Å². The first-order chi connectivity index (χ1) is 7.43. The molecule has 0 aliphatic heterocycles. The molecule has 0 aliphatic rings. The van der Waals surface area contributed by atoms with Crippen LogP contribution in [0.3, 0.4) is 0 Å². The van der Waals surface area contributed by atoms with E-state index in [9.17, 15) is 14.4 Å². The highest BCUT2D eigenvalue weighted by atomic mass is 16.4. The lowest BCUT2D eigenvalue weighted by atomic mass is 10.2. The molecule has 0 unspecified atom stereocenters. The molecule has 2 aromatic heterocycles. The van der Waals surface area contributed by atoms with Crippen molar-refractivity contribution in [3.63, 3.8) is 0 Å². The van der Waals surface area contributed by atoms with Crippen molar-refractivity contribution in [3.05, 3.63) is 42.9 Å². The van der Waals surface area contributed by atoms with Crippen LogP contribution in [0.25, 0.3) is 11.1 Å². The van der Waals surface area contributed by atoms with E-state index >= 15 is 0 Å². The Balaban J connectivity index is 3.28. The lowest BCUT2D eigenvalue weighted by molar-refractivity contribution is 0.517. The van der Waals surface area contributed by atoms with Gasteiger partial charge in [-0.25, -0.2) is 9.59 Å². The van der Waals surface area contributed by atoms with Crippen molar-refractivity contribution in [1.29, 1.82) is 0 Å². The monoisotopic (exact) mass is 222 g/mol. The minimum absolute atomic E-state index is 0.0121. The summed E-state index contributed by atoms with van der Waals surface area (Å²) in [6.45, 7) is 1.63. The van der Waals surface area contributed by atoms with Crippen molar-refractivity contribution in [1.82, 2.24) is 9.13 Å². The van der Waals surface area contributed by atoms with Crippen molar-refractivity contribution >= 4 is 11.1 Å². The Labute approximate surface area is 89.4 Å². The van der Waals surface area contributed by atoms with Crippen LogP contribution in [0.1, 0.15) is 5.56 Å². The Morgan fingerprint density at radius 1 is 1.12 bits per heavy atom. The Hall–Kier alpha value is -2.11. The molecule has 0 N–H and O–H groups in total. The fraction of sp³-hybridized carbons (Fsp3) is 0.300. The zero-order valence-electron chi connectivity index (χ0n) is 9.10. The van der Waals surface area contributed by atoms with Crippen LogP contribution in [0.15, 0.2) is 24.9 Å². The van der Waals surface area contributed by atoms with Crippen molar-refractivity contribution in [2.45, 2.75) is 6.92 Å². The second-order valence-corrected chi connectivity index (χ2v) is 3.63. The molecule has 0 fully saturated rings. The molecule has 6 heteroatoms. The standard InChI is InChI=1S/C10H10N2O4/c1-5-4-6(13)16-9-7(5)8(14)11(2)10(15)12(9)3/h4H,1-3H3. The number of hydrogen-bond acceptors (Lipinski definition) is 4. The van der Waals surface area contributed by atoms with Gasteiger partial charge >= 0.3 is 11.3 Å². The van der Waals surface area contributed by atoms with Crippen LogP contribution < -0.4 is 16.9 Å². The van der Waals surface area contributed by atoms with E-state index in [-0.39, 0.29) is 11.1 Å². The van der Waals surface area contributed by atoms with E-state index in [1.165, 1.54) is 20.2 Å². The normalized spacial score (nSPS) is 10.9. The fourth-order valence-electron chi connectivity index (χ4n) is 1.66. The first-order valence-corrected chi connectivity index (χ1v) is 4.64. The van der Waals surface area contributed by atoms with Crippen molar-refractivity contribution in [2.75, 3.05) is 0 Å². The Bertz CT molecular complexity index is 748. The van der Waals surface area contributed by atoms with Crippen LogP contribution in [-0.2, 0) is 14.1 Å². The van der Waals surface area contributed by atoms with Gasteiger partial charge < -0.3 is 4.42 Å². The van der Waals surface area contributed by atoms with E-state index in [1.54, 1.807) is 6.92 Å². The second-order valence-electron chi connectivity index (χ2n) is 3.63. The summed E-state index contributed by atoms with van der Waals surface area (Å²) in [4.78, 5) is 34.6. The van der Waals surface area contributed by atoms with Gasteiger partial charge in [-0.1, -0.05) is 0 Å². The van der Waals surface area contributed by atoms with Crippen LogP contribution in [-0.4, -0.2) is 9.13 Å². The summed E-state index contributed by atoms with van der Waals surface area (Å²) in [6, 6.07) is 1.23. The molecular weight excluding hydrogens is 212 g/mol. The van der Waals surface area contributed by atoms with Crippen LogP contribution in [0, 0.1) is 6.92 Å². The summed E-state index contributed by atoms with van der Waals surface area (Å²) in [5.41, 5.74) is -1.04. The summed E-state index contributed by atoms with van der Waals surface area (Å²) in [7, 11) is 2.83. The van der Waals surface area contributed by atoms with Crippen molar-refractivity contribution < 1.29 is 4.42 Å². The molecule has 0 radical (unpaired) electrons. The molecular formula is C10H10N2O4. The molecule has 16 heavy (non-hydrogen) atoms.